The summed E-state index contributed by atoms with van der Waals surface area (Å²) in [5.74, 6) is 1.68. The quantitative estimate of drug-likeness (QED) is 0.198. The van der Waals surface area contributed by atoms with E-state index in [2.05, 4.69) is 4.98 Å². The van der Waals surface area contributed by atoms with Gasteiger partial charge in [0.15, 0.2) is 0 Å². The lowest BCUT2D eigenvalue weighted by Gasteiger charge is -2.11. The predicted octanol–water partition coefficient (Wildman–Crippen LogP) is 6.54. The number of nitrogens with one attached hydrogen (secondary N) is 1. The number of ether oxygens (including phenoxy) is 4. The molecular formula is C27H24F3NO5. The average Bonchev–Trinajstić information content (AvgIpc) is 3.25. The van der Waals surface area contributed by atoms with E-state index in [1.54, 1.807) is 30.5 Å². The van der Waals surface area contributed by atoms with Gasteiger partial charge in [0.2, 0.25) is 0 Å². The molecule has 0 unspecified atom stereocenters. The molecule has 0 aliphatic heterocycles. The van der Waals surface area contributed by atoms with E-state index < -0.39 is 11.7 Å². The van der Waals surface area contributed by atoms with Gasteiger partial charge in [-0.3, -0.25) is 4.79 Å². The average molecular weight is 499 g/mol. The molecule has 0 saturated carbocycles. The highest BCUT2D eigenvalue weighted by molar-refractivity contribution is 5.88. The maximum absolute atomic E-state index is 12.7. The van der Waals surface area contributed by atoms with Gasteiger partial charge in [-0.25, -0.2) is 0 Å². The zero-order chi connectivity index (χ0) is 25.5. The van der Waals surface area contributed by atoms with Crippen molar-refractivity contribution in [3.63, 3.8) is 0 Å². The Hall–Kier alpha value is -4.14. The van der Waals surface area contributed by atoms with Gasteiger partial charge >= 0.3 is 12.1 Å². The van der Waals surface area contributed by atoms with Crippen LogP contribution >= 0.6 is 0 Å². The van der Waals surface area contributed by atoms with Gasteiger partial charge in [-0.2, -0.15) is 13.2 Å². The molecule has 36 heavy (non-hydrogen) atoms. The van der Waals surface area contributed by atoms with Crippen LogP contribution in [-0.4, -0.2) is 31.3 Å². The summed E-state index contributed by atoms with van der Waals surface area (Å²) in [5.41, 5.74) is 1.01. The third-order valence-corrected chi connectivity index (χ3v) is 5.35. The van der Waals surface area contributed by atoms with Crippen molar-refractivity contribution >= 4 is 16.9 Å². The molecule has 0 bridgehead atoms. The minimum atomic E-state index is -4.39. The summed E-state index contributed by atoms with van der Waals surface area (Å²) < 4.78 is 60.1. The molecular weight excluding hydrogens is 475 g/mol. The first-order valence-corrected chi connectivity index (χ1v) is 11.2. The van der Waals surface area contributed by atoms with E-state index in [4.69, 9.17) is 18.9 Å². The molecule has 4 aromatic rings. The molecule has 1 heterocycles. The Kier molecular flexibility index (Phi) is 7.68. The van der Waals surface area contributed by atoms with Gasteiger partial charge in [-0.15, -0.1) is 0 Å². The highest BCUT2D eigenvalue weighted by Crippen LogP contribution is 2.32. The number of benzene rings is 3. The van der Waals surface area contributed by atoms with E-state index in [9.17, 15) is 18.0 Å². The van der Waals surface area contributed by atoms with Crippen LogP contribution in [0, 0.1) is 0 Å². The number of methoxy groups -OCH3 is 1. The molecule has 6 nitrogen and oxygen atoms in total. The van der Waals surface area contributed by atoms with Crippen molar-refractivity contribution in [1.82, 2.24) is 4.98 Å². The van der Waals surface area contributed by atoms with Crippen LogP contribution in [0.25, 0.3) is 10.9 Å². The lowest BCUT2D eigenvalue weighted by atomic mass is 10.1. The Morgan fingerprint density at radius 3 is 2.22 bits per heavy atom. The van der Waals surface area contributed by atoms with Crippen molar-refractivity contribution in [2.24, 2.45) is 0 Å². The van der Waals surface area contributed by atoms with Crippen LogP contribution in [0.2, 0.25) is 0 Å². The number of fused-ring (bicyclic) bond motifs is 1. The Bertz CT molecular complexity index is 1320. The number of H-pyrrole nitrogens is 1. The molecule has 1 N–H and O–H groups in total. The maximum Gasteiger partial charge on any atom is 0.416 e. The summed E-state index contributed by atoms with van der Waals surface area (Å²) in [6.45, 7) is 0.813. The maximum atomic E-state index is 12.7. The zero-order valence-electron chi connectivity index (χ0n) is 19.4. The van der Waals surface area contributed by atoms with Gasteiger partial charge in [0.05, 0.1) is 32.3 Å². The number of aromatic nitrogens is 1. The minimum Gasteiger partial charge on any atom is -0.493 e. The predicted molar refractivity (Wildman–Crippen MR) is 128 cm³/mol. The first kappa shape index (κ1) is 25.0. The summed E-state index contributed by atoms with van der Waals surface area (Å²) in [5, 5.41) is 0.902. The lowest BCUT2D eigenvalue weighted by Crippen LogP contribution is -2.05. The monoisotopic (exact) mass is 499 g/mol. The van der Waals surface area contributed by atoms with E-state index in [0.717, 1.165) is 28.6 Å². The van der Waals surface area contributed by atoms with Crippen molar-refractivity contribution in [2.75, 3.05) is 20.3 Å². The number of hydrogen-bond donors (Lipinski definition) is 1. The number of aromatic amines is 1. The number of carbonyl (C=O) groups excluding carboxylic acids is 1. The second kappa shape index (κ2) is 11.1. The zero-order valence-corrected chi connectivity index (χ0v) is 19.4. The summed E-state index contributed by atoms with van der Waals surface area (Å²) in [6.07, 6.45) is -1.81. The van der Waals surface area contributed by atoms with E-state index in [-0.39, 0.29) is 12.4 Å². The summed E-state index contributed by atoms with van der Waals surface area (Å²) in [4.78, 5) is 14.7. The molecule has 0 spiro atoms. The molecule has 4 rings (SSSR count). The summed E-state index contributed by atoms with van der Waals surface area (Å²) >= 11 is 0. The largest absolute Gasteiger partial charge is 0.493 e. The smallest absolute Gasteiger partial charge is 0.416 e. The number of rotatable bonds is 10. The van der Waals surface area contributed by atoms with Crippen LogP contribution in [0.1, 0.15) is 17.5 Å². The number of hydrogen-bond acceptors (Lipinski definition) is 5. The second-order valence-corrected chi connectivity index (χ2v) is 7.92. The van der Waals surface area contributed by atoms with Crippen LogP contribution in [0.5, 0.6) is 23.0 Å². The molecule has 0 saturated heterocycles. The molecule has 0 amide bonds. The summed E-state index contributed by atoms with van der Waals surface area (Å²) in [7, 11) is 1.36. The van der Waals surface area contributed by atoms with Gasteiger partial charge in [-0.05, 0) is 60.2 Å². The molecule has 0 aliphatic carbocycles. The second-order valence-electron chi connectivity index (χ2n) is 7.92. The first-order chi connectivity index (χ1) is 17.3. The van der Waals surface area contributed by atoms with Crippen molar-refractivity contribution in [2.45, 2.75) is 19.0 Å². The first-order valence-electron chi connectivity index (χ1n) is 11.2. The third kappa shape index (κ3) is 6.50. The van der Waals surface area contributed by atoms with Crippen molar-refractivity contribution < 1.29 is 36.9 Å². The van der Waals surface area contributed by atoms with E-state index in [1.807, 2.05) is 18.2 Å². The van der Waals surface area contributed by atoms with Crippen LogP contribution in [0.3, 0.4) is 0 Å². The van der Waals surface area contributed by atoms with Crippen molar-refractivity contribution in [3.8, 4) is 23.0 Å². The van der Waals surface area contributed by atoms with Crippen LogP contribution in [-0.2, 0) is 22.1 Å². The molecule has 0 aliphatic rings. The highest BCUT2D eigenvalue weighted by atomic mass is 19.4. The minimum absolute atomic E-state index is 0.176. The Morgan fingerprint density at radius 1 is 0.861 bits per heavy atom. The van der Waals surface area contributed by atoms with Gasteiger partial charge < -0.3 is 23.9 Å². The fourth-order valence-corrected chi connectivity index (χ4v) is 3.54. The van der Waals surface area contributed by atoms with Crippen LogP contribution < -0.4 is 14.2 Å². The topological polar surface area (TPSA) is 69.8 Å². The molecule has 0 radical (unpaired) electrons. The molecule has 0 fully saturated rings. The van der Waals surface area contributed by atoms with Gasteiger partial charge in [0.25, 0.3) is 0 Å². The molecule has 1 aromatic heterocycles. The summed E-state index contributed by atoms with van der Waals surface area (Å²) in [6, 6.07) is 17.0. The fourth-order valence-electron chi connectivity index (χ4n) is 3.54. The van der Waals surface area contributed by atoms with Gasteiger partial charge in [-0.1, -0.05) is 6.07 Å². The molecule has 9 heteroatoms. The Balaban J connectivity index is 1.25. The SMILES string of the molecule is COC(=O)Cc1c[nH]c2ccc(OCCCOc3cccc(Oc4ccc(C(F)(F)F)cc4)c3)cc12. The van der Waals surface area contributed by atoms with E-state index in [1.165, 1.54) is 19.2 Å². The highest BCUT2D eigenvalue weighted by Gasteiger charge is 2.30. The number of esters is 1. The lowest BCUT2D eigenvalue weighted by molar-refractivity contribution is -0.140. The van der Waals surface area contributed by atoms with Crippen molar-refractivity contribution in [1.29, 1.82) is 0 Å². The molecule has 0 atom stereocenters. The van der Waals surface area contributed by atoms with Gasteiger partial charge in [0.1, 0.15) is 23.0 Å². The standard InChI is InChI=1S/C27H24F3NO5/c1-33-26(32)14-18-17-31-25-11-10-22(16-24(18)25)35-13-3-12-34-21-4-2-5-23(15-21)36-20-8-6-19(7-9-20)27(28,29)30/h2,4-11,15-17,31H,3,12-14H2,1H3. The number of carbonyl (C=O) groups is 1. The van der Waals surface area contributed by atoms with E-state index in [0.29, 0.717) is 42.6 Å². The third-order valence-electron chi connectivity index (χ3n) is 5.35. The Labute approximate surface area is 205 Å². The Morgan fingerprint density at radius 2 is 1.53 bits per heavy atom. The molecule has 3 aromatic carbocycles. The number of alkyl halides is 3. The number of halogens is 3. The molecule has 188 valence electrons. The van der Waals surface area contributed by atoms with Crippen LogP contribution in [0.4, 0.5) is 13.2 Å². The fraction of sp³-hybridized carbons (Fsp3) is 0.222. The normalized spacial score (nSPS) is 11.3. The van der Waals surface area contributed by atoms with Crippen LogP contribution in [0.15, 0.2) is 72.9 Å². The van der Waals surface area contributed by atoms with E-state index >= 15 is 0 Å². The van der Waals surface area contributed by atoms with Crippen molar-refractivity contribution in [3.05, 3.63) is 84.1 Å². The van der Waals surface area contributed by atoms with Gasteiger partial charge in [0, 0.05) is 29.6 Å².